The van der Waals surface area contributed by atoms with Crippen molar-refractivity contribution < 1.29 is 14.0 Å². The highest BCUT2D eigenvalue weighted by atomic mass is 35.5. The van der Waals surface area contributed by atoms with Crippen LogP contribution in [-0.2, 0) is 9.59 Å². The van der Waals surface area contributed by atoms with Crippen LogP contribution in [0.4, 0.5) is 10.1 Å². The van der Waals surface area contributed by atoms with E-state index in [9.17, 15) is 14.0 Å². The van der Waals surface area contributed by atoms with Crippen LogP contribution in [0.1, 0.15) is 6.42 Å². The van der Waals surface area contributed by atoms with Gasteiger partial charge < -0.3 is 0 Å². The number of benzene rings is 1. The van der Waals surface area contributed by atoms with E-state index in [0.29, 0.717) is 0 Å². The first kappa shape index (κ1) is 13.6. The molecular formula is C11H7Cl3FNO2. The molecule has 96 valence electrons. The predicted molar refractivity (Wildman–Crippen MR) is 68.0 cm³/mol. The normalized spacial score (nSPS) is 19.8. The first-order valence-corrected chi connectivity index (χ1v) is 6.16. The SMILES string of the molecule is O=C1CC(CF)C(=O)N1c1cc(Cl)c(Cl)cc1Cl. The third-order valence-electron chi connectivity index (χ3n) is 2.66. The van der Waals surface area contributed by atoms with E-state index >= 15 is 0 Å². The molecule has 1 aliphatic heterocycles. The summed E-state index contributed by atoms with van der Waals surface area (Å²) in [6, 6.07) is 2.66. The second-order valence-corrected chi connectivity index (χ2v) is 5.06. The van der Waals surface area contributed by atoms with E-state index in [1.807, 2.05) is 0 Å². The summed E-state index contributed by atoms with van der Waals surface area (Å²) >= 11 is 17.5. The van der Waals surface area contributed by atoms with Gasteiger partial charge in [0, 0.05) is 6.42 Å². The van der Waals surface area contributed by atoms with Gasteiger partial charge in [-0.15, -0.1) is 0 Å². The van der Waals surface area contributed by atoms with Crippen molar-refractivity contribution in [1.82, 2.24) is 0 Å². The number of hydrogen-bond donors (Lipinski definition) is 0. The van der Waals surface area contributed by atoms with Crippen molar-refractivity contribution in [3.8, 4) is 0 Å². The minimum atomic E-state index is -0.942. The number of hydrogen-bond acceptors (Lipinski definition) is 2. The van der Waals surface area contributed by atoms with Gasteiger partial charge in [-0.2, -0.15) is 0 Å². The molecule has 1 atom stereocenters. The third kappa shape index (κ3) is 2.20. The number of amides is 2. The number of alkyl halides is 1. The smallest absolute Gasteiger partial charge is 0.240 e. The monoisotopic (exact) mass is 309 g/mol. The molecule has 1 heterocycles. The van der Waals surface area contributed by atoms with Crippen molar-refractivity contribution in [3.63, 3.8) is 0 Å². The van der Waals surface area contributed by atoms with Gasteiger partial charge in [0.25, 0.3) is 0 Å². The zero-order chi connectivity index (χ0) is 13.4. The van der Waals surface area contributed by atoms with Gasteiger partial charge in [-0.05, 0) is 12.1 Å². The quantitative estimate of drug-likeness (QED) is 0.619. The van der Waals surface area contributed by atoms with Crippen molar-refractivity contribution in [2.24, 2.45) is 5.92 Å². The van der Waals surface area contributed by atoms with Gasteiger partial charge in [0.15, 0.2) is 0 Å². The lowest BCUT2D eigenvalue weighted by atomic mass is 10.1. The number of rotatable bonds is 2. The summed E-state index contributed by atoms with van der Waals surface area (Å²) in [4.78, 5) is 24.4. The molecule has 1 aliphatic rings. The number of carbonyl (C=O) groups excluding carboxylic acids is 2. The highest BCUT2D eigenvalue weighted by Gasteiger charge is 2.40. The van der Waals surface area contributed by atoms with E-state index in [2.05, 4.69) is 0 Å². The van der Waals surface area contributed by atoms with Crippen LogP contribution in [0.3, 0.4) is 0 Å². The molecule has 0 aliphatic carbocycles. The summed E-state index contributed by atoms with van der Waals surface area (Å²) in [6.07, 6.45) is -0.161. The number of imide groups is 1. The van der Waals surface area contributed by atoms with Crippen LogP contribution in [-0.4, -0.2) is 18.5 Å². The number of nitrogens with zero attached hydrogens (tertiary/aromatic N) is 1. The molecule has 18 heavy (non-hydrogen) atoms. The fourth-order valence-corrected chi connectivity index (χ4v) is 2.38. The number of carbonyl (C=O) groups is 2. The minimum Gasteiger partial charge on any atom is -0.274 e. The van der Waals surface area contributed by atoms with Gasteiger partial charge in [-0.1, -0.05) is 34.8 Å². The van der Waals surface area contributed by atoms with Crippen molar-refractivity contribution in [2.45, 2.75) is 6.42 Å². The van der Waals surface area contributed by atoms with Crippen LogP contribution in [0.25, 0.3) is 0 Å². The Balaban J connectivity index is 2.46. The molecule has 0 saturated carbocycles. The van der Waals surface area contributed by atoms with E-state index < -0.39 is 24.4 Å². The molecule has 0 spiro atoms. The van der Waals surface area contributed by atoms with Gasteiger partial charge in [-0.25, -0.2) is 4.90 Å². The molecular weight excluding hydrogens is 303 g/mol. The lowest BCUT2D eigenvalue weighted by molar-refractivity contribution is -0.122. The van der Waals surface area contributed by atoms with Crippen LogP contribution in [0.15, 0.2) is 12.1 Å². The maximum atomic E-state index is 12.6. The van der Waals surface area contributed by atoms with Gasteiger partial charge in [0.2, 0.25) is 11.8 Å². The highest BCUT2D eigenvalue weighted by Crippen LogP contribution is 2.37. The van der Waals surface area contributed by atoms with Crippen molar-refractivity contribution in [2.75, 3.05) is 11.6 Å². The van der Waals surface area contributed by atoms with Crippen LogP contribution >= 0.6 is 34.8 Å². The highest BCUT2D eigenvalue weighted by molar-refractivity contribution is 6.44. The van der Waals surface area contributed by atoms with Gasteiger partial charge in [-0.3, -0.25) is 14.0 Å². The first-order chi connectivity index (χ1) is 8.45. The Morgan fingerprint density at radius 3 is 2.33 bits per heavy atom. The van der Waals surface area contributed by atoms with Crippen molar-refractivity contribution in [3.05, 3.63) is 27.2 Å². The van der Waals surface area contributed by atoms with Crippen LogP contribution in [0.5, 0.6) is 0 Å². The largest absolute Gasteiger partial charge is 0.274 e. The van der Waals surface area contributed by atoms with E-state index in [4.69, 9.17) is 34.8 Å². The molecule has 3 nitrogen and oxygen atoms in total. The Morgan fingerprint density at radius 2 is 1.78 bits per heavy atom. The zero-order valence-corrected chi connectivity index (χ0v) is 11.2. The Kier molecular flexibility index (Phi) is 3.80. The summed E-state index contributed by atoms with van der Waals surface area (Å²) in [5.41, 5.74) is 0.136. The predicted octanol–water partition coefficient (Wildman–Crippen LogP) is 3.50. The fraction of sp³-hybridized carbons (Fsp3) is 0.273. The summed E-state index contributed by atoms with van der Waals surface area (Å²) in [5.74, 6) is -2.05. The molecule has 7 heteroatoms. The second kappa shape index (κ2) is 5.03. The summed E-state index contributed by atoms with van der Waals surface area (Å²) in [5, 5.41) is 0.498. The minimum absolute atomic E-state index is 0.116. The van der Waals surface area contributed by atoms with Crippen molar-refractivity contribution in [1.29, 1.82) is 0 Å². The topological polar surface area (TPSA) is 37.4 Å². The molecule has 1 saturated heterocycles. The Morgan fingerprint density at radius 1 is 1.17 bits per heavy atom. The van der Waals surface area contributed by atoms with E-state index in [1.54, 1.807) is 0 Å². The third-order valence-corrected chi connectivity index (χ3v) is 3.68. The molecule has 2 rings (SSSR count). The van der Waals surface area contributed by atoms with Gasteiger partial charge >= 0.3 is 0 Å². The number of anilines is 1. The lowest BCUT2D eigenvalue weighted by Gasteiger charge is -2.16. The zero-order valence-electron chi connectivity index (χ0n) is 8.92. The molecule has 0 aromatic heterocycles. The first-order valence-electron chi connectivity index (χ1n) is 5.03. The molecule has 1 fully saturated rings. The van der Waals surface area contributed by atoms with E-state index in [1.165, 1.54) is 12.1 Å². The van der Waals surface area contributed by atoms with Crippen LogP contribution < -0.4 is 4.90 Å². The van der Waals surface area contributed by atoms with E-state index in [-0.39, 0.29) is 27.2 Å². The second-order valence-electron chi connectivity index (χ2n) is 3.84. The average molecular weight is 311 g/mol. The summed E-state index contributed by atoms with van der Waals surface area (Å²) < 4.78 is 12.6. The average Bonchev–Trinajstić information content (AvgIpc) is 2.59. The summed E-state index contributed by atoms with van der Waals surface area (Å²) in [7, 11) is 0. The van der Waals surface area contributed by atoms with Crippen LogP contribution in [0, 0.1) is 5.92 Å². The Labute approximate surface area is 117 Å². The maximum Gasteiger partial charge on any atom is 0.240 e. The van der Waals surface area contributed by atoms with Gasteiger partial charge in [0.05, 0.1) is 26.7 Å². The number of halogens is 4. The molecule has 1 aromatic rings. The standard InChI is InChI=1S/C11H7Cl3FNO2/c12-6-2-8(14)9(3-7(6)13)16-10(17)1-5(4-15)11(16)18/h2-3,5H,1,4H2. The van der Waals surface area contributed by atoms with Gasteiger partial charge in [0.1, 0.15) is 6.67 Å². The Bertz CT molecular complexity index is 535. The van der Waals surface area contributed by atoms with Crippen molar-refractivity contribution >= 4 is 52.3 Å². The molecule has 0 bridgehead atoms. The molecule has 2 amide bonds. The van der Waals surface area contributed by atoms with Crippen LogP contribution in [0.2, 0.25) is 15.1 Å². The fourth-order valence-electron chi connectivity index (χ4n) is 1.75. The molecule has 1 unspecified atom stereocenters. The molecule has 0 radical (unpaired) electrons. The maximum absolute atomic E-state index is 12.6. The van der Waals surface area contributed by atoms with E-state index in [0.717, 1.165) is 4.90 Å². The molecule has 0 N–H and O–H groups in total. The lowest BCUT2D eigenvalue weighted by Crippen LogP contribution is -2.31. The summed E-state index contributed by atoms with van der Waals surface area (Å²) in [6.45, 7) is -0.875. The molecule has 1 aromatic carbocycles. The Hall–Kier alpha value is -0.840.